The topological polar surface area (TPSA) is 238 Å². The summed E-state index contributed by atoms with van der Waals surface area (Å²) in [5, 5.41) is 22.1. The number of nitrogen functional groups attached to an aromatic ring is 1. The van der Waals surface area contributed by atoms with Gasteiger partial charge in [-0.3, -0.25) is 9.09 Å². The first kappa shape index (κ1) is 24.8. The third kappa shape index (κ3) is 5.76. The third-order valence-electron chi connectivity index (χ3n) is 4.59. The molecule has 0 bridgehead atoms. The highest BCUT2D eigenvalue weighted by Gasteiger charge is 2.45. The molecule has 1 aliphatic rings. The van der Waals surface area contributed by atoms with Crippen LogP contribution in [0.5, 0.6) is 0 Å². The minimum Gasteiger partial charge on any atom is -0.686 e. The molecule has 0 spiro atoms. The number of aliphatic hydroxyl groups is 2. The highest BCUT2D eigenvalue weighted by atomic mass is 31.2. The molecule has 3 rings (SSSR count). The Morgan fingerprint density at radius 2 is 1.91 bits per heavy atom. The summed E-state index contributed by atoms with van der Waals surface area (Å²) in [6.45, 7) is -0.795. The molecule has 0 aliphatic carbocycles. The quantitative estimate of drug-likeness (QED) is 0.228. The van der Waals surface area contributed by atoms with Gasteiger partial charge in [-0.1, -0.05) is 30.3 Å². The van der Waals surface area contributed by atoms with Crippen molar-refractivity contribution in [3.05, 3.63) is 58.6 Å². The van der Waals surface area contributed by atoms with Gasteiger partial charge in [0.1, 0.15) is 29.9 Å². The predicted octanol–water partition coefficient (Wildman–Crippen LogP) is -3.31. The number of benzene rings is 1. The Bertz CT molecular complexity index is 1030. The Balaban J connectivity index is 1.69. The lowest BCUT2D eigenvalue weighted by Crippen LogP contribution is -2.42. The van der Waals surface area contributed by atoms with Crippen molar-refractivity contribution in [3.63, 3.8) is 0 Å². The molecule has 1 saturated heterocycles. The fourth-order valence-electron chi connectivity index (χ4n) is 3.05. The van der Waals surface area contributed by atoms with Crippen molar-refractivity contribution in [3.8, 4) is 0 Å². The van der Waals surface area contributed by atoms with Crippen molar-refractivity contribution in [1.29, 1.82) is 0 Å². The number of rotatable bonds is 8. The average Bonchev–Trinajstić information content (AvgIpc) is 2.99. The van der Waals surface area contributed by atoms with Gasteiger partial charge in [0.15, 0.2) is 6.23 Å². The van der Waals surface area contributed by atoms with Crippen molar-refractivity contribution < 1.29 is 43.6 Å². The molecule has 0 amide bonds. The fourth-order valence-corrected chi connectivity index (χ4v) is 5.47. The summed E-state index contributed by atoms with van der Waals surface area (Å²) in [6, 6.07) is 8.21. The second-order valence-corrected chi connectivity index (χ2v) is 10.0. The molecular formula is C16H20N4O10P2-2. The summed E-state index contributed by atoms with van der Waals surface area (Å²) in [6.07, 6.45) is -4.87. The number of nitrogens with one attached hydrogen (secondary N) is 1. The molecule has 32 heavy (non-hydrogen) atoms. The van der Waals surface area contributed by atoms with Crippen LogP contribution in [0.3, 0.4) is 0 Å². The van der Waals surface area contributed by atoms with E-state index in [0.717, 1.165) is 4.57 Å². The first-order valence-corrected chi connectivity index (χ1v) is 12.3. The number of anilines is 1. The van der Waals surface area contributed by atoms with E-state index in [1.165, 1.54) is 36.5 Å². The Morgan fingerprint density at radius 1 is 1.25 bits per heavy atom. The van der Waals surface area contributed by atoms with Crippen LogP contribution in [-0.2, 0) is 13.8 Å². The molecule has 0 saturated carbocycles. The van der Waals surface area contributed by atoms with E-state index in [1.54, 1.807) is 11.2 Å². The standard InChI is InChI=1S/C16H22N4O10P2/c17-11-6-7-20(16(23)18-11)15-13(22)12(21)10(30-15)8-29-32(27,28)19-14(31(24,25)26)9-4-2-1-3-5-9/h1-7,10,12-15,21-22H,8H2,(H2,17,18,23)(H2,19,27,28)(H2,24,25,26)/p-2/t10-,12-,13-,14-,15-/m1/s1. The Morgan fingerprint density at radius 3 is 2.50 bits per heavy atom. The van der Waals surface area contributed by atoms with Crippen LogP contribution in [0, 0.1) is 0 Å². The maximum atomic E-state index is 12.4. The van der Waals surface area contributed by atoms with Crippen LogP contribution in [0.2, 0.25) is 0 Å². The molecule has 176 valence electrons. The highest BCUT2D eigenvalue weighted by Crippen LogP contribution is 2.52. The second-order valence-electron chi connectivity index (χ2n) is 6.89. The fraction of sp³-hybridized carbons (Fsp3) is 0.375. The largest absolute Gasteiger partial charge is 0.686 e. The van der Waals surface area contributed by atoms with Gasteiger partial charge >= 0.3 is 13.4 Å². The van der Waals surface area contributed by atoms with Crippen molar-refractivity contribution in [2.75, 3.05) is 12.3 Å². The van der Waals surface area contributed by atoms with Crippen LogP contribution < -0.4 is 31.2 Å². The molecule has 16 heteroatoms. The van der Waals surface area contributed by atoms with E-state index in [2.05, 4.69) is 4.98 Å². The Hall–Kier alpha value is -1.80. The normalized spacial score (nSPS) is 26.6. The van der Waals surface area contributed by atoms with Crippen molar-refractivity contribution in [2.45, 2.75) is 30.3 Å². The van der Waals surface area contributed by atoms with Gasteiger partial charge in [-0.05, 0) is 6.07 Å². The molecule has 1 aliphatic heterocycles. The first-order valence-electron chi connectivity index (χ1n) is 9.07. The van der Waals surface area contributed by atoms with Gasteiger partial charge in [0, 0.05) is 11.8 Å². The van der Waals surface area contributed by atoms with Gasteiger partial charge < -0.3 is 40.3 Å². The predicted molar refractivity (Wildman–Crippen MR) is 104 cm³/mol. The van der Waals surface area contributed by atoms with Crippen LogP contribution in [0.15, 0.2) is 47.4 Å². The van der Waals surface area contributed by atoms with E-state index in [9.17, 15) is 39.1 Å². The van der Waals surface area contributed by atoms with E-state index in [1.807, 2.05) is 0 Å². The maximum absolute atomic E-state index is 12.4. The smallest absolute Gasteiger partial charge is 0.406 e. The van der Waals surface area contributed by atoms with Gasteiger partial charge in [0.25, 0.3) is 0 Å². The lowest BCUT2D eigenvalue weighted by Gasteiger charge is -2.48. The number of nitrogens with two attached hydrogens (primary N) is 1. The monoisotopic (exact) mass is 490 g/mol. The number of hydrogen-bond acceptors (Lipinski definition) is 11. The lowest BCUT2D eigenvalue weighted by molar-refractivity contribution is -0.431. The average molecular weight is 490 g/mol. The molecule has 2 heterocycles. The SMILES string of the molecule is Nc1ccn([C@@H]2O[C@H](COP(=O)(O)N[C@@H](c3ccccc3)[P+]([O-])([O-])[O-])[C@@H](O)[C@H]2O)c(=O)n1. The summed E-state index contributed by atoms with van der Waals surface area (Å²) in [7, 11) is -10.3. The Labute approximate surface area is 181 Å². The zero-order chi connectivity index (χ0) is 23.7. The Kier molecular flexibility index (Phi) is 7.44. The van der Waals surface area contributed by atoms with E-state index < -0.39 is 58.3 Å². The van der Waals surface area contributed by atoms with Crippen molar-refractivity contribution >= 4 is 21.5 Å². The summed E-state index contributed by atoms with van der Waals surface area (Å²) in [5.41, 5.74) is 4.44. The maximum Gasteiger partial charge on any atom is 0.406 e. The van der Waals surface area contributed by atoms with Crippen LogP contribution in [0.25, 0.3) is 0 Å². The van der Waals surface area contributed by atoms with Crippen LogP contribution in [0.4, 0.5) is 5.82 Å². The van der Waals surface area contributed by atoms with E-state index in [-0.39, 0.29) is 11.4 Å². The number of ether oxygens (including phenoxy) is 1. The van der Waals surface area contributed by atoms with Gasteiger partial charge in [0.2, 0.25) is 0 Å². The molecule has 1 aromatic heterocycles. The molecule has 1 fully saturated rings. The number of nitrogens with zero attached hydrogens (tertiary/aromatic N) is 2. The molecule has 6 atom stereocenters. The number of hydrogen-bond donors (Lipinski definition) is 5. The zero-order valence-corrected chi connectivity index (χ0v) is 18.0. The molecular weight excluding hydrogens is 470 g/mol. The van der Waals surface area contributed by atoms with Crippen molar-refractivity contribution in [2.24, 2.45) is 0 Å². The minimum atomic E-state index is -5.42. The summed E-state index contributed by atoms with van der Waals surface area (Å²) in [5.74, 6) is -2.14. The van der Waals surface area contributed by atoms with Crippen molar-refractivity contribution in [1.82, 2.24) is 14.6 Å². The number of aromatic nitrogens is 2. The van der Waals surface area contributed by atoms with Gasteiger partial charge in [-0.25, -0.2) is 9.36 Å². The van der Waals surface area contributed by atoms with E-state index in [0.29, 0.717) is 0 Å². The molecule has 2 aromatic rings. The summed E-state index contributed by atoms with van der Waals surface area (Å²) < 4.78 is 23.4. The second kappa shape index (κ2) is 9.59. The summed E-state index contributed by atoms with van der Waals surface area (Å²) >= 11 is 0. The first-order chi connectivity index (χ1) is 14.9. The van der Waals surface area contributed by atoms with E-state index >= 15 is 0 Å². The minimum absolute atomic E-state index is 0.0755. The summed E-state index contributed by atoms with van der Waals surface area (Å²) in [4.78, 5) is 60.2. The third-order valence-corrected chi connectivity index (χ3v) is 6.94. The molecule has 6 N–H and O–H groups in total. The van der Waals surface area contributed by atoms with Gasteiger partial charge in [-0.15, -0.1) is 7.94 Å². The number of aliphatic hydroxyl groups excluding tert-OH is 2. The van der Waals surface area contributed by atoms with Crippen LogP contribution in [-0.4, -0.2) is 49.6 Å². The van der Waals surface area contributed by atoms with Gasteiger partial charge in [0.05, 0.1) is 6.61 Å². The molecule has 1 unspecified atom stereocenters. The highest BCUT2D eigenvalue weighted by molar-refractivity contribution is 7.57. The van der Waals surface area contributed by atoms with Crippen LogP contribution >= 0.6 is 15.7 Å². The van der Waals surface area contributed by atoms with Crippen LogP contribution in [0.1, 0.15) is 17.6 Å². The zero-order valence-electron chi connectivity index (χ0n) is 16.2. The van der Waals surface area contributed by atoms with Gasteiger partial charge in [-0.2, -0.15) is 10.1 Å². The lowest BCUT2D eigenvalue weighted by atomic mass is 10.1. The van der Waals surface area contributed by atoms with E-state index in [4.69, 9.17) is 15.0 Å². The molecule has 1 aromatic carbocycles. The molecule has 0 radical (unpaired) electrons. The molecule has 14 nitrogen and oxygen atoms in total.